The Kier molecular flexibility index (Phi) is 2.04. The van der Waals surface area contributed by atoms with E-state index in [0.29, 0.717) is 11.1 Å². The Balaban J connectivity index is 3.68. The average Bonchev–Trinajstić information content (AvgIpc) is 2.05. The molecule has 0 unspecified atom stereocenters. The van der Waals surface area contributed by atoms with Crippen LogP contribution in [0.3, 0.4) is 0 Å². The van der Waals surface area contributed by atoms with E-state index in [0.717, 1.165) is 0 Å². The summed E-state index contributed by atoms with van der Waals surface area (Å²) in [6, 6.07) is 2.56. The molecule has 0 fully saturated rings. The maximum atomic E-state index is 11.0. The van der Waals surface area contributed by atoms with Gasteiger partial charge >= 0.3 is 0 Å². The van der Waals surface area contributed by atoms with Crippen LogP contribution in [0.1, 0.15) is 11.1 Å². The smallest absolute Gasteiger partial charge is 0.179 e. The molecule has 0 aliphatic heterocycles. The van der Waals surface area contributed by atoms with Crippen molar-refractivity contribution in [2.45, 2.75) is 13.8 Å². The molecule has 0 spiro atoms. The minimum absolute atomic E-state index is 0.222. The fourth-order valence-corrected chi connectivity index (χ4v) is 0.979. The van der Waals surface area contributed by atoms with Crippen LogP contribution in [0.2, 0.25) is 0 Å². The van der Waals surface area contributed by atoms with E-state index in [1.165, 1.54) is 12.1 Å². The predicted molar refractivity (Wildman–Crippen MR) is 45.5 cm³/mol. The first kappa shape index (κ1) is 8.59. The molecule has 0 aliphatic rings. The molecule has 0 bridgehead atoms. The van der Waals surface area contributed by atoms with Crippen LogP contribution >= 0.6 is 0 Å². The van der Waals surface area contributed by atoms with E-state index in [9.17, 15) is 15.0 Å². The second-order valence-corrected chi connectivity index (χ2v) is 2.75. The number of aryl methyl sites for hydroxylation is 2. The summed E-state index contributed by atoms with van der Waals surface area (Å²) < 4.78 is 0. The summed E-state index contributed by atoms with van der Waals surface area (Å²) >= 11 is 0. The van der Waals surface area contributed by atoms with E-state index < -0.39 is 0 Å². The lowest BCUT2D eigenvalue weighted by Gasteiger charge is -1.95. The summed E-state index contributed by atoms with van der Waals surface area (Å²) in [5, 5.41) is 18.6. The molecule has 64 valence electrons. The second-order valence-electron chi connectivity index (χ2n) is 2.75. The molecule has 1 aromatic rings. The van der Waals surface area contributed by atoms with E-state index >= 15 is 0 Å². The van der Waals surface area contributed by atoms with Gasteiger partial charge in [0.1, 0.15) is 0 Å². The highest BCUT2D eigenvalue weighted by atomic mass is 16.3. The molecule has 0 aromatic heterocycles. The Bertz CT molecular complexity index is 335. The number of aromatic hydroxyl groups is 2. The van der Waals surface area contributed by atoms with Crippen molar-refractivity contribution in [3.8, 4) is 11.5 Å². The first-order valence-electron chi connectivity index (χ1n) is 3.56. The third-order valence-corrected chi connectivity index (χ3v) is 1.69. The summed E-state index contributed by atoms with van der Waals surface area (Å²) in [5.74, 6) is -0.454. The van der Waals surface area contributed by atoms with Gasteiger partial charge in [-0.1, -0.05) is 0 Å². The molecule has 0 radical (unpaired) electrons. The lowest BCUT2D eigenvalue weighted by atomic mass is 10.2. The van der Waals surface area contributed by atoms with Crippen LogP contribution in [0.4, 0.5) is 0 Å². The molecule has 0 atom stereocenters. The van der Waals surface area contributed by atoms with Crippen molar-refractivity contribution in [2.75, 3.05) is 0 Å². The quantitative estimate of drug-likeness (QED) is 0.606. The van der Waals surface area contributed by atoms with E-state index in [1.807, 2.05) is 0 Å². The molecule has 0 aliphatic carbocycles. The molecule has 0 heterocycles. The minimum Gasteiger partial charge on any atom is -0.504 e. The summed E-state index contributed by atoms with van der Waals surface area (Å²) in [4.78, 5) is 11.0. The molecule has 3 heteroatoms. The van der Waals surface area contributed by atoms with Crippen molar-refractivity contribution in [3.63, 3.8) is 0 Å². The topological polar surface area (TPSA) is 57.5 Å². The lowest BCUT2D eigenvalue weighted by Crippen LogP contribution is -1.91. The van der Waals surface area contributed by atoms with Crippen molar-refractivity contribution in [1.82, 2.24) is 0 Å². The Morgan fingerprint density at radius 3 is 1.67 bits per heavy atom. The van der Waals surface area contributed by atoms with Crippen molar-refractivity contribution < 1.29 is 10.2 Å². The van der Waals surface area contributed by atoms with Gasteiger partial charge in [0, 0.05) is 0 Å². The number of hydrogen-bond donors (Lipinski definition) is 2. The summed E-state index contributed by atoms with van der Waals surface area (Å²) in [6.07, 6.45) is 0. The zero-order chi connectivity index (χ0) is 9.30. The second kappa shape index (κ2) is 2.85. The fraction of sp³-hybridized carbons (Fsp3) is 0.222. The Morgan fingerprint density at radius 2 is 1.33 bits per heavy atom. The summed E-state index contributed by atoms with van der Waals surface area (Å²) in [5.41, 5.74) is 0.539. The van der Waals surface area contributed by atoms with Crippen LogP contribution in [-0.4, -0.2) is 10.2 Å². The van der Waals surface area contributed by atoms with Gasteiger partial charge in [-0.05, 0) is 37.1 Å². The third kappa shape index (κ3) is 1.39. The SMILES string of the molecule is Cc1cc(=O)cc(C)c(O)c1O. The third-order valence-electron chi connectivity index (χ3n) is 1.69. The average molecular weight is 166 g/mol. The predicted octanol–water partition coefficient (Wildman–Crippen LogP) is 1.07. The first-order valence-corrected chi connectivity index (χ1v) is 3.56. The van der Waals surface area contributed by atoms with Crippen LogP contribution in [0.5, 0.6) is 11.5 Å². The van der Waals surface area contributed by atoms with Crippen molar-refractivity contribution in [2.24, 2.45) is 0 Å². The van der Waals surface area contributed by atoms with Crippen molar-refractivity contribution in [1.29, 1.82) is 0 Å². The van der Waals surface area contributed by atoms with Crippen molar-refractivity contribution >= 4 is 0 Å². The lowest BCUT2D eigenvalue weighted by molar-refractivity contribution is 0.400. The molecular formula is C9H10O3. The highest BCUT2D eigenvalue weighted by Gasteiger charge is 2.04. The van der Waals surface area contributed by atoms with Gasteiger partial charge in [-0.25, -0.2) is 0 Å². The van der Waals surface area contributed by atoms with Gasteiger partial charge in [0.15, 0.2) is 16.9 Å². The molecule has 1 aromatic carbocycles. The summed E-state index contributed by atoms with van der Waals surface area (Å²) in [7, 11) is 0. The maximum absolute atomic E-state index is 11.0. The van der Waals surface area contributed by atoms with Gasteiger partial charge in [0.05, 0.1) is 0 Å². The van der Waals surface area contributed by atoms with Crippen LogP contribution in [-0.2, 0) is 0 Å². The molecule has 0 amide bonds. The Hall–Kier alpha value is -1.51. The van der Waals surface area contributed by atoms with Crippen LogP contribution < -0.4 is 5.43 Å². The van der Waals surface area contributed by atoms with Gasteiger partial charge < -0.3 is 10.2 Å². The van der Waals surface area contributed by atoms with Crippen molar-refractivity contribution in [3.05, 3.63) is 33.5 Å². The van der Waals surface area contributed by atoms with E-state index in [1.54, 1.807) is 13.8 Å². The van der Waals surface area contributed by atoms with Gasteiger partial charge in [0.25, 0.3) is 0 Å². The van der Waals surface area contributed by atoms with Gasteiger partial charge in [-0.3, -0.25) is 4.79 Å². The van der Waals surface area contributed by atoms with Crippen LogP contribution in [0, 0.1) is 13.8 Å². The summed E-state index contributed by atoms with van der Waals surface area (Å²) in [6.45, 7) is 3.13. The van der Waals surface area contributed by atoms with Crippen LogP contribution in [0.25, 0.3) is 0 Å². The van der Waals surface area contributed by atoms with Crippen LogP contribution in [0.15, 0.2) is 16.9 Å². The minimum atomic E-state index is -0.227. The normalized spacial score (nSPS) is 9.83. The van der Waals surface area contributed by atoms with E-state index in [-0.39, 0.29) is 16.9 Å². The highest BCUT2D eigenvalue weighted by Crippen LogP contribution is 2.28. The number of hydrogen-bond acceptors (Lipinski definition) is 3. The molecule has 12 heavy (non-hydrogen) atoms. The Labute approximate surface area is 69.9 Å². The van der Waals surface area contributed by atoms with E-state index in [4.69, 9.17) is 0 Å². The molecule has 3 nitrogen and oxygen atoms in total. The number of rotatable bonds is 0. The van der Waals surface area contributed by atoms with Gasteiger partial charge in [-0.15, -0.1) is 0 Å². The molecule has 0 saturated heterocycles. The van der Waals surface area contributed by atoms with Gasteiger partial charge in [0.2, 0.25) is 0 Å². The standard InChI is InChI=1S/C9H10O3/c1-5-3-7(10)4-6(2)9(12)8(5)11/h3-4,11-12H,1-2H3. The largest absolute Gasteiger partial charge is 0.504 e. The molecule has 1 rings (SSSR count). The monoisotopic (exact) mass is 166 g/mol. The van der Waals surface area contributed by atoms with Gasteiger partial charge in [-0.2, -0.15) is 0 Å². The molecule has 0 saturated carbocycles. The maximum Gasteiger partial charge on any atom is 0.179 e. The zero-order valence-electron chi connectivity index (χ0n) is 6.96. The fourth-order valence-electron chi connectivity index (χ4n) is 0.979. The molecule has 2 N–H and O–H groups in total. The highest BCUT2D eigenvalue weighted by molar-refractivity contribution is 5.46. The molecular weight excluding hydrogens is 156 g/mol. The zero-order valence-corrected chi connectivity index (χ0v) is 6.96. The van der Waals surface area contributed by atoms with E-state index in [2.05, 4.69) is 0 Å². The first-order chi connectivity index (χ1) is 5.52. The Morgan fingerprint density at radius 1 is 1.00 bits per heavy atom.